The second-order valence-corrected chi connectivity index (χ2v) is 7.06. The highest BCUT2D eigenvalue weighted by Crippen LogP contribution is 2.28. The SMILES string of the molecule is CCSc1nnc(SCC(=O)c2ccccc2)s1. The quantitative estimate of drug-likeness (QED) is 0.601. The molecule has 6 heteroatoms. The average Bonchev–Trinajstić information content (AvgIpc) is 2.85. The van der Waals surface area contributed by atoms with Crippen LogP contribution < -0.4 is 0 Å². The zero-order valence-corrected chi connectivity index (χ0v) is 12.3. The van der Waals surface area contributed by atoms with E-state index >= 15 is 0 Å². The first kappa shape index (κ1) is 13.6. The van der Waals surface area contributed by atoms with Crippen molar-refractivity contribution in [2.24, 2.45) is 0 Å². The fraction of sp³-hybridized carbons (Fsp3) is 0.250. The van der Waals surface area contributed by atoms with Crippen molar-refractivity contribution in [3.05, 3.63) is 35.9 Å². The molecule has 1 heterocycles. The van der Waals surface area contributed by atoms with Gasteiger partial charge >= 0.3 is 0 Å². The Bertz CT molecular complexity index is 513. The minimum absolute atomic E-state index is 0.125. The predicted molar refractivity (Wildman–Crippen MR) is 77.8 cm³/mol. The third kappa shape index (κ3) is 3.83. The van der Waals surface area contributed by atoms with Gasteiger partial charge in [-0.15, -0.1) is 10.2 Å². The van der Waals surface area contributed by atoms with Gasteiger partial charge in [0.25, 0.3) is 0 Å². The third-order valence-electron chi connectivity index (χ3n) is 2.08. The fourth-order valence-electron chi connectivity index (χ4n) is 1.27. The van der Waals surface area contributed by atoms with Crippen LogP contribution in [0.15, 0.2) is 39.0 Å². The first-order valence-electron chi connectivity index (χ1n) is 5.47. The van der Waals surface area contributed by atoms with Crippen LogP contribution in [0.25, 0.3) is 0 Å². The molecule has 0 amide bonds. The Kier molecular flexibility index (Phi) is 5.22. The molecule has 3 nitrogen and oxygen atoms in total. The largest absolute Gasteiger partial charge is 0.293 e. The van der Waals surface area contributed by atoms with Crippen molar-refractivity contribution in [2.45, 2.75) is 15.6 Å². The summed E-state index contributed by atoms with van der Waals surface area (Å²) in [5.41, 5.74) is 0.748. The van der Waals surface area contributed by atoms with Crippen molar-refractivity contribution in [3.63, 3.8) is 0 Å². The van der Waals surface area contributed by atoms with E-state index in [-0.39, 0.29) is 5.78 Å². The summed E-state index contributed by atoms with van der Waals surface area (Å²) in [6.07, 6.45) is 0. The summed E-state index contributed by atoms with van der Waals surface area (Å²) in [5, 5.41) is 8.11. The van der Waals surface area contributed by atoms with Crippen molar-refractivity contribution in [1.29, 1.82) is 0 Å². The lowest BCUT2D eigenvalue weighted by atomic mass is 10.2. The van der Waals surface area contributed by atoms with Crippen LogP contribution in [0.4, 0.5) is 0 Å². The Hall–Kier alpha value is -0.850. The molecular formula is C12H12N2OS3. The topological polar surface area (TPSA) is 42.9 Å². The number of ketones is 1. The number of aromatic nitrogens is 2. The summed E-state index contributed by atoms with van der Waals surface area (Å²) < 4.78 is 1.82. The highest BCUT2D eigenvalue weighted by atomic mass is 32.2. The maximum absolute atomic E-state index is 11.9. The summed E-state index contributed by atoms with van der Waals surface area (Å²) in [6.45, 7) is 2.08. The van der Waals surface area contributed by atoms with Crippen molar-refractivity contribution in [2.75, 3.05) is 11.5 Å². The van der Waals surface area contributed by atoms with E-state index in [1.165, 1.54) is 11.8 Å². The smallest absolute Gasteiger partial charge is 0.175 e. The minimum atomic E-state index is 0.125. The highest BCUT2D eigenvalue weighted by Gasteiger charge is 2.09. The van der Waals surface area contributed by atoms with Crippen LogP contribution in [0.1, 0.15) is 17.3 Å². The van der Waals surface area contributed by atoms with Gasteiger partial charge in [-0.3, -0.25) is 4.79 Å². The molecule has 0 N–H and O–H groups in total. The summed E-state index contributed by atoms with van der Waals surface area (Å²) in [7, 11) is 0. The molecular weight excluding hydrogens is 284 g/mol. The standard InChI is InChI=1S/C12H12N2OS3/c1-2-16-11-13-14-12(18-11)17-8-10(15)9-6-4-3-5-7-9/h3-7H,2,8H2,1H3. The number of carbonyl (C=O) groups is 1. The Morgan fingerprint density at radius 1 is 1.17 bits per heavy atom. The second kappa shape index (κ2) is 6.92. The molecule has 1 aromatic carbocycles. The lowest BCUT2D eigenvalue weighted by Gasteiger charge is -1.97. The Labute approximate surface area is 118 Å². The van der Waals surface area contributed by atoms with Crippen LogP contribution in [0.2, 0.25) is 0 Å². The van der Waals surface area contributed by atoms with E-state index in [9.17, 15) is 4.79 Å². The average molecular weight is 296 g/mol. The second-order valence-electron chi connectivity index (χ2n) is 3.34. The fourth-order valence-corrected chi connectivity index (χ4v) is 4.08. The van der Waals surface area contributed by atoms with Crippen LogP contribution in [0.5, 0.6) is 0 Å². The van der Waals surface area contributed by atoms with Gasteiger partial charge in [0, 0.05) is 5.56 Å². The van der Waals surface area contributed by atoms with Crippen LogP contribution in [-0.4, -0.2) is 27.5 Å². The first-order chi connectivity index (χ1) is 8.79. The number of rotatable bonds is 6. The van der Waals surface area contributed by atoms with E-state index in [0.29, 0.717) is 5.75 Å². The summed E-state index contributed by atoms with van der Waals surface area (Å²) in [6, 6.07) is 9.32. The van der Waals surface area contributed by atoms with Crippen molar-refractivity contribution in [1.82, 2.24) is 10.2 Å². The van der Waals surface area contributed by atoms with Gasteiger partial charge in [0.05, 0.1) is 5.75 Å². The summed E-state index contributed by atoms with van der Waals surface area (Å²) in [4.78, 5) is 11.9. The predicted octanol–water partition coefficient (Wildman–Crippen LogP) is 3.63. The van der Waals surface area contributed by atoms with Crippen LogP contribution in [0.3, 0.4) is 0 Å². The Morgan fingerprint density at radius 2 is 1.83 bits per heavy atom. The maximum atomic E-state index is 11.9. The molecule has 0 unspecified atom stereocenters. The number of carbonyl (C=O) groups excluding carboxylic acids is 1. The monoisotopic (exact) mass is 296 g/mol. The van der Waals surface area contributed by atoms with Gasteiger partial charge in [0.2, 0.25) is 0 Å². The van der Waals surface area contributed by atoms with Crippen molar-refractivity contribution in [3.8, 4) is 0 Å². The molecule has 0 saturated carbocycles. The number of benzene rings is 1. The lowest BCUT2D eigenvalue weighted by molar-refractivity contribution is 0.102. The van der Waals surface area contributed by atoms with Gasteiger partial charge < -0.3 is 0 Å². The maximum Gasteiger partial charge on any atom is 0.175 e. The van der Waals surface area contributed by atoms with E-state index in [1.807, 2.05) is 30.3 Å². The minimum Gasteiger partial charge on any atom is -0.293 e. The van der Waals surface area contributed by atoms with Crippen LogP contribution in [-0.2, 0) is 0 Å². The van der Waals surface area contributed by atoms with Gasteiger partial charge in [0.1, 0.15) is 0 Å². The van der Waals surface area contributed by atoms with Gasteiger partial charge in [-0.05, 0) is 5.75 Å². The molecule has 0 bridgehead atoms. The number of Topliss-reactive ketones (excluding diaryl/α,β-unsaturated/α-hetero) is 1. The Morgan fingerprint density at radius 3 is 2.50 bits per heavy atom. The number of hydrogen-bond acceptors (Lipinski definition) is 6. The zero-order chi connectivity index (χ0) is 12.8. The van der Waals surface area contributed by atoms with E-state index in [1.54, 1.807) is 23.1 Å². The first-order valence-corrected chi connectivity index (χ1v) is 8.25. The van der Waals surface area contributed by atoms with Crippen LogP contribution in [0, 0.1) is 0 Å². The molecule has 2 rings (SSSR count). The molecule has 18 heavy (non-hydrogen) atoms. The molecule has 2 aromatic rings. The van der Waals surface area contributed by atoms with Gasteiger partial charge in [-0.2, -0.15) is 0 Å². The summed E-state index contributed by atoms with van der Waals surface area (Å²) in [5.74, 6) is 1.53. The molecule has 0 atom stereocenters. The highest BCUT2D eigenvalue weighted by molar-refractivity contribution is 8.03. The van der Waals surface area contributed by atoms with E-state index in [4.69, 9.17) is 0 Å². The molecule has 0 fully saturated rings. The third-order valence-corrected chi connectivity index (χ3v) is 5.15. The van der Waals surface area contributed by atoms with Gasteiger partial charge in [0.15, 0.2) is 14.5 Å². The number of thioether (sulfide) groups is 2. The van der Waals surface area contributed by atoms with Crippen molar-refractivity contribution >= 4 is 40.6 Å². The normalized spacial score (nSPS) is 10.5. The lowest BCUT2D eigenvalue weighted by Crippen LogP contribution is -2.01. The van der Waals surface area contributed by atoms with Crippen molar-refractivity contribution < 1.29 is 4.79 Å². The molecule has 1 aromatic heterocycles. The zero-order valence-electron chi connectivity index (χ0n) is 9.83. The van der Waals surface area contributed by atoms with Gasteiger partial charge in [-0.25, -0.2) is 0 Å². The molecule has 0 aliphatic heterocycles. The van der Waals surface area contributed by atoms with Crippen LogP contribution >= 0.6 is 34.9 Å². The van der Waals surface area contributed by atoms with E-state index in [2.05, 4.69) is 17.1 Å². The number of hydrogen-bond donors (Lipinski definition) is 0. The molecule has 0 radical (unpaired) electrons. The Balaban J connectivity index is 1.89. The number of nitrogens with zero attached hydrogens (tertiary/aromatic N) is 2. The molecule has 0 saturated heterocycles. The van der Waals surface area contributed by atoms with Gasteiger partial charge in [-0.1, -0.05) is 72.1 Å². The molecule has 0 aliphatic carbocycles. The van der Waals surface area contributed by atoms with E-state index in [0.717, 1.165) is 20.0 Å². The van der Waals surface area contributed by atoms with E-state index < -0.39 is 0 Å². The molecule has 0 spiro atoms. The molecule has 0 aliphatic rings. The molecule has 94 valence electrons. The summed E-state index contributed by atoms with van der Waals surface area (Å²) >= 11 is 4.67.